The van der Waals surface area contributed by atoms with Crippen LogP contribution in [-0.4, -0.2) is 48.8 Å². The van der Waals surface area contributed by atoms with Gasteiger partial charge in [-0.25, -0.2) is 0 Å². The smallest absolute Gasteiger partial charge is 0.223 e. The van der Waals surface area contributed by atoms with E-state index >= 15 is 0 Å². The van der Waals surface area contributed by atoms with E-state index in [-0.39, 0.29) is 18.4 Å². The predicted molar refractivity (Wildman–Crippen MR) is 82.8 cm³/mol. The van der Waals surface area contributed by atoms with Gasteiger partial charge in [0.15, 0.2) is 0 Å². The zero-order valence-corrected chi connectivity index (χ0v) is 13.5. The molecule has 1 N–H and O–H groups in total. The summed E-state index contributed by atoms with van der Waals surface area (Å²) in [5, 5.41) is 9.57. The number of carbonyl (C=O) groups is 1. The van der Waals surface area contributed by atoms with Crippen molar-refractivity contribution in [1.82, 2.24) is 4.90 Å². The van der Waals surface area contributed by atoms with E-state index in [9.17, 15) is 9.90 Å². The maximum atomic E-state index is 12.4. The molecule has 21 heavy (non-hydrogen) atoms. The highest BCUT2D eigenvalue weighted by molar-refractivity contribution is 5.77. The second-order valence-electron chi connectivity index (χ2n) is 6.79. The second-order valence-corrected chi connectivity index (χ2v) is 6.79. The van der Waals surface area contributed by atoms with Gasteiger partial charge in [-0.2, -0.15) is 0 Å². The molecule has 120 valence electrons. The Kier molecular flexibility index (Phi) is 5.82. The number of amides is 1. The van der Waals surface area contributed by atoms with Gasteiger partial charge >= 0.3 is 0 Å². The lowest BCUT2D eigenvalue weighted by molar-refractivity contribution is -0.136. The SMILES string of the molecule is CC1=CC(CO)C(C(C)C)CC1CC(=O)N1CCOCC1. The van der Waals surface area contributed by atoms with Gasteiger partial charge in [-0.05, 0) is 31.1 Å². The third-order valence-electron chi connectivity index (χ3n) is 5.08. The van der Waals surface area contributed by atoms with E-state index in [0.29, 0.717) is 37.4 Å². The Morgan fingerprint density at radius 3 is 2.67 bits per heavy atom. The van der Waals surface area contributed by atoms with Crippen LogP contribution < -0.4 is 0 Å². The van der Waals surface area contributed by atoms with Crippen LogP contribution in [0.2, 0.25) is 0 Å². The van der Waals surface area contributed by atoms with Crippen LogP contribution in [0.4, 0.5) is 0 Å². The third-order valence-corrected chi connectivity index (χ3v) is 5.08. The summed E-state index contributed by atoms with van der Waals surface area (Å²) in [4.78, 5) is 14.4. The van der Waals surface area contributed by atoms with Crippen LogP contribution in [0.1, 0.15) is 33.6 Å². The molecule has 1 aliphatic carbocycles. The van der Waals surface area contributed by atoms with Crippen molar-refractivity contribution in [2.75, 3.05) is 32.9 Å². The fraction of sp³-hybridized carbons (Fsp3) is 0.824. The van der Waals surface area contributed by atoms with Gasteiger partial charge in [0.1, 0.15) is 0 Å². The first-order valence-electron chi connectivity index (χ1n) is 8.17. The molecule has 1 amide bonds. The largest absolute Gasteiger partial charge is 0.396 e. The summed E-state index contributed by atoms with van der Waals surface area (Å²) >= 11 is 0. The molecule has 0 saturated carbocycles. The van der Waals surface area contributed by atoms with Crippen molar-refractivity contribution in [2.45, 2.75) is 33.6 Å². The van der Waals surface area contributed by atoms with Gasteiger partial charge in [-0.3, -0.25) is 4.79 Å². The number of rotatable bonds is 4. The molecule has 0 aromatic rings. The number of aliphatic hydroxyl groups excluding tert-OH is 1. The Balaban J connectivity index is 2.00. The molecule has 2 aliphatic rings. The lowest BCUT2D eigenvalue weighted by Gasteiger charge is -2.37. The molecule has 0 bridgehead atoms. The first-order valence-corrected chi connectivity index (χ1v) is 8.17. The van der Waals surface area contributed by atoms with Gasteiger partial charge in [0.05, 0.1) is 13.2 Å². The molecule has 4 heteroatoms. The summed E-state index contributed by atoms with van der Waals surface area (Å²) in [5.74, 6) is 1.84. The van der Waals surface area contributed by atoms with Gasteiger partial charge in [-0.15, -0.1) is 0 Å². The van der Waals surface area contributed by atoms with E-state index in [1.165, 1.54) is 5.57 Å². The zero-order valence-electron chi connectivity index (χ0n) is 13.5. The molecule has 2 rings (SSSR count). The average molecular weight is 295 g/mol. The van der Waals surface area contributed by atoms with Crippen molar-refractivity contribution in [1.29, 1.82) is 0 Å². The number of ether oxygens (including phenoxy) is 1. The Hall–Kier alpha value is -0.870. The molecular weight excluding hydrogens is 266 g/mol. The molecule has 0 aromatic heterocycles. The van der Waals surface area contributed by atoms with E-state index in [1.54, 1.807) is 0 Å². The Labute approximate surface area is 128 Å². The molecule has 0 aromatic carbocycles. The van der Waals surface area contributed by atoms with E-state index in [0.717, 1.165) is 19.5 Å². The highest BCUT2D eigenvalue weighted by atomic mass is 16.5. The van der Waals surface area contributed by atoms with Crippen molar-refractivity contribution in [3.63, 3.8) is 0 Å². The highest BCUT2D eigenvalue weighted by Crippen LogP contribution is 2.38. The minimum absolute atomic E-state index is 0.213. The number of nitrogens with zero attached hydrogens (tertiary/aromatic N) is 1. The molecule has 1 aliphatic heterocycles. The number of morpholine rings is 1. The third kappa shape index (κ3) is 4.07. The van der Waals surface area contributed by atoms with Crippen LogP contribution in [-0.2, 0) is 9.53 Å². The van der Waals surface area contributed by atoms with Gasteiger partial charge in [0.2, 0.25) is 5.91 Å². The summed E-state index contributed by atoms with van der Waals surface area (Å²) < 4.78 is 5.31. The minimum atomic E-state index is 0.213. The molecule has 1 saturated heterocycles. The maximum absolute atomic E-state index is 12.4. The maximum Gasteiger partial charge on any atom is 0.223 e. The topological polar surface area (TPSA) is 49.8 Å². The first kappa shape index (κ1) is 16.5. The monoisotopic (exact) mass is 295 g/mol. The van der Waals surface area contributed by atoms with E-state index in [1.807, 2.05) is 4.90 Å². The van der Waals surface area contributed by atoms with E-state index in [4.69, 9.17) is 4.74 Å². The molecule has 1 heterocycles. The van der Waals surface area contributed by atoms with E-state index < -0.39 is 0 Å². The normalized spacial score (nSPS) is 30.4. The Morgan fingerprint density at radius 1 is 1.43 bits per heavy atom. The number of aliphatic hydroxyl groups is 1. The Morgan fingerprint density at radius 2 is 2.10 bits per heavy atom. The van der Waals surface area contributed by atoms with Gasteiger partial charge in [0, 0.05) is 32.0 Å². The summed E-state index contributed by atoms with van der Waals surface area (Å²) in [7, 11) is 0. The predicted octanol–water partition coefficient (Wildman–Crippen LogP) is 2.08. The fourth-order valence-corrected chi connectivity index (χ4v) is 3.64. The Bertz CT molecular complexity index is 385. The lowest BCUT2D eigenvalue weighted by atomic mass is 9.70. The van der Waals surface area contributed by atoms with Crippen molar-refractivity contribution < 1.29 is 14.6 Å². The summed E-state index contributed by atoms with van der Waals surface area (Å²) in [6.07, 6.45) is 3.82. The van der Waals surface area contributed by atoms with Crippen LogP contribution in [0.15, 0.2) is 11.6 Å². The summed E-state index contributed by atoms with van der Waals surface area (Å²) in [6, 6.07) is 0. The van der Waals surface area contributed by atoms with E-state index in [2.05, 4.69) is 26.8 Å². The summed E-state index contributed by atoms with van der Waals surface area (Å²) in [6.45, 7) is 9.51. The van der Waals surface area contributed by atoms with Crippen LogP contribution >= 0.6 is 0 Å². The van der Waals surface area contributed by atoms with Crippen molar-refractivity contribution in [3.05, 3.63) is 11.6 Å². The molecular formula is C17H29NO3. The zero-order chi connectivity index (χ0) is 15.4. The van der Waals surface area contributed by atoms with Crippen molar-refractivity contribution in [2.24, 2.45) is 23.7 Å². The van der Waals surface area contributed by atoms with Crippen LogP contribution in [0, 0.1) is 23.7 Å². The van der Waals surface area contributed by atoms with Crippen molar-refractivity contribution >= 4 is 5.91 Å². The van der Waals surface area contributed by atoms with Crippen LogP contribution in [0.5, 0.6) is 0 Å². The van der Waals surface area contributed by atoms with Crippen LogP contribution in [0.3, 0.4) is 0 Å². The molecule has 4 nitrogen and oxygen atoms in total. The molecule has 1 fully saturated rings. The van der Waals surface area contributed by atoms with Crippen LogP contribution in [0.25, 0.3) is 0 Å². The van der Waals surface area contributed by atoms with Gasteiger partial charge in [-0.1, -0.05) is 25.5 Å². The standard InChI is InChI=1S/C17H29NO3/c1-12(2)16-9-14(13(3)8-15(16)11-19)10-17(20)18-4-6-21-7-5-18/h8,12,14-16,19H,4-7,9-11H2,1-3H3. The number of hydrogen-bond donors (Lipinski definition) is 1. The second kappa shape index (κ2) is 7.41. The first-order chi connectivity index (χ1) is 10.0. The molecule has 3 unspecified atom stereocenters. The fourth-order valence-electron chi connectivity index (χ4n) is 3.64. The highest BCUT2D eigenvalue weighted by Gasteiger charge is 2.33. The quantitative estimate of drug-likeness (QED) is 0.808. The number of hydrogen-bond acceptors (Lipinski definition) is 3. The molecule has 3 atom stereocenters. The minimum Gasteiger partial charge on any atom is -0.396 e. The molecule has 0 radical (unpaired) electrons. The average Bonchev–Trinajstić information content (AvgIpc) is 2.49. The van der Waals surface area contributed by atoms with Gasteiger partial charge in [0.25, 0.3) is 0 Å². The summed E-state index contributed by atoms with van der Waals surface area (Å²) in [5.41, 5.74) is 1.27. The molecule has 0 spiro atoms. The number of carbonyl (C=O) groups excluding carboxylic acids is 1. The van der Waals surface area contributed by atoms with Crippen molar-refractivity contribution in [3.8, 4) is 0 Å². The lowest BCUT2D eigenvalue weighted by Crippen LogP contribution is -2.42. The number of allylic oxidation sites excluding steroid dienone is 1. The van der Waals surface area contributed by atoms with Gasteiger partial charge < -0.3 is 14.7 Å².